The van der Waals surface area contributed by atoms with Crippen LogP contribution in [0.4, 0.5) is 0 Å². The van der Waals surface area contributed by atoms with Gasteiger partial charge in [0.15, 0.2) is 0 Å². The summed E-state index contributed by atoms with van der Waals surface area (Å²) < 4.78 is 5.29. The lowest BCUT2D eigenvalue weighted by molar-refractivity contribution is -0.147. The second-order valence-corrected chi connectivity index (χ2v) is 4.78. The quantitative estimate of drug-likeness (QED) is 0.772. The Morgan fingerprint density at radius 1 is 1.36 bits per heavy atom. The summed E-state index contributed by atoms with van der Waals surface area (Å²) >= 11 is 5.80. The summed E-state index contributed by atoms with van der Waals surface area (Å²) in [4.78, 5) is 18.9. The Bertz CT molecular complexity index is 547. The number of H-pyrrole nitrogens is 1. The number of benzene rings is 1. The summed E-state index contributed by atoms with van der Waals surface area (Å²) in [5, 5.41) is 3.59. The van der Waals surface area contributed by atoms with Gasteiger partial charge in [0, 0.05) is 17.6 Å². The molecule has 1 heterocycles. The van der Waals surface area contributed by atoms with E-state index < -0.39 is 6.04 Å². The summed E-state index contributed by atoms with van der Waals surface area (Å²) in [6.07, 6.45) is 3.83. The number of esters is 1. The molecule has 22 heavy (non-hydrogen) atoms. The number of hydrogen-bond acceptors (Lipinski definition) is 4. The van der Waals surface area contributed by atoms with Crippen molar-refractivity contribution in [3.05, 3.63) is 53.1 Å². The number of nitrogens with one attached hydrogen (secondary N) is 2. The first-order chi connectivity index (χ1) is 9.69. The van der Waals surface area contributed by atoms with Gasteiger partial charge < -0.3 is 15.0 Å². The first kappa shape index (κ1) is 20.7. The topological polar surface area (TPSA) is 67.0 Å². The number of likely N-dealkylation sites (N-methyl/N-ethyl adjacent to an activating group) is 1. The van der Waals surface area contributed by atoms with Crippen LogP contribution in [0.25, 0.3) is 0 Å². The summed E-state index contributed by atoms with van der Waals surface area (Å²) in [6, 6.07) is 6.79. The van der Waals surface area contributed by atoms with Crippen LogP contribution in [-0.4, -0.2) is 29.0 Å². The van der Waals surface area contributed by atoms with E-state index in [9.17, 15) is 4.79 Å². The Labute approximate surface area is 146 Å². The third-order valence-electron chi connectivity index (χ3n) is 2.90. The molecule has 0 bridgehead atoms. The van der Waals surface area contributed by atoms with Crippen LogP contribution in [0.5, 0.6) is 0 Å². The van der Waals surface area contributed by atoms with Gasteiger partial charge in [0.1, 0.15) is 12.6 Å². The Kier molecular flexibility index (Phi) is 9.85. The second kappa shape index (κ2) is 10.5. The van der Waals surface area contributed by atoms with Crippen molar-refractivity contribution < 1.29 is 9.53 Å². The summed E-state index contributed by atoms with van der Waals surface area (Å²) in [5.74, 6) is -0.301. The molecule has 0 radical (unpaired) electrons. The minimum atomic E-state index is -0.411. The Morgan fingerprint density at radius 3 is 2.59 bits per heavy atom. The Balaban J connectivity index is 0.00000220. The standard InChI is InChI=1S/C14H16ClN3O2.2ClH/c1-16-13(6-12-7-17-9-18-12)14(19)20-8-10-2-4-11(15)5-3-10;;/h2-5,7,9,13,16H,6,8H2,1H3,(H,17,18);2*1H/t13-;;/m0../s1. The molecular formula is C14H18Cl3N3O2. The fourth-order valence-electron chi connectivity index (χ4n) is 1.75. The molecule has 0 unspecified atom stereocenters. The molecule has 0 saturated heterocycles. The van der Waals surface area contributed by atoms with Gasteiger partial charge in [-0.25, -0.2) is 4.98 Å². The van der Waals surface area contributed by atoms with Gasteiger partial charge in [-0.05, 0) is 24.7 Å². The number of rotatable bonds is 6. The van der Waals surface area contributed by atoms with E-state index in [0.29, 0.717) is 11.4 Å². The van der Waals surface area contributed by atoms with E-state index >= 15 is 0 Å². The first-order valence-electron chi connectivity index (χ1n) is 6.25. The molecule has 2 N–H and O–H groups in total. The number of hydrogen-bond donors (Lipinski definition) is 2. The van der Waals surface area contributed by atoms with Gasteiger partial charge in [-0.3, -0.25) is 4.79 Å². The second-order valence-electron chi connectivity index (χ2n) is 4.34. The minimum Gasteiger partial charge on any atom is -0.460 e. The first-order valence-corrected chi connectivity index (χ1v) is 6.63. The molecule has 0 aliphatic rings. The van der Waals surface area contributed by atoms with Crippen molar-refractivity contribution in [1.29, 1.82) is 0 Å². The molecular weight excluding hydrogens is 349 g/mol. The van der Waals surface area contributed by atoms with E-state index in [-0.39, 0.29) is 37.4 Å². The highest BCUT2D eigenvalue weighted by molar-refractivity contribution is 6.30. The third-order valence-corrected chi connectivity index (χ3v) is 3.15. The lowest BCUT2D eigenvalue weighted by Gasteiger charge is -2.14. The van der Waals surface area contributed by atoms with Gasteiger partial charge in [-0.15, -0.1) is 24.8 Å². The molecule has 2 aromatic rings. The molecule has 1 atom stereocenters. The summed E-state index contributed by atoms with van der Waals surface area (Å²) in [7, 11) is 1.72. The summed E-state index contributed by atoms with van der Waals surface area (Å²) in [5.41, 5.74) is 1.71. The smallest absolute Gasteiger partial charge is 0.323 e. The molecule has 1 aromatic carbocycles. The molecule has 122 valence electrons. The predicted molar refractivity (Wildman–Crippen MR) is 90.9 cm³/mol. The molecule has 0 aliphatic heterocycles. The normalized spacial score (nSPS) is 11.0. The van der Waals surface area contributed by atoms with Gasteiger partial charge in [0.25, 0.3) is 0 Å². The van der Waals surface area contributed by atoms with Crippen LogP contribution < -0.4 is 5.32 Å². The molecule has 0 spiro atoms. The molecule has 1 aromatic heterocycles. The maximum atomic E-state index is 12.0. The number of halogens is 3. The van der Waals surface area contributed by atoms with Gasteiger partial charge in [-0.2, -0.15) is 0 Å². The Morgan fingerprint density at radius 2 is 2.05 bits per heavy atom. The minimum absolute atomic E-state index is 0. The zero-order chi connectivity index (χ0) is 14.4. The van der Waals surface area contributed by atoms with Crippen LogP contribution in [0.1, 0.15) is 11.3 Å². The number of carbonyl (C=O) groups is 1. The van der Waals surface area contributed by atoms with Gasteiger partial charge in [-0.1, -0.05) is 23.7 Å². The van der Waals surface area contributed by atoms with Crippen LogP contribution in [0, 0.1) is 0 Å². The number of aromatic nitrogens is 2. The number of nitrogens with zero attached hydrogens (tertiary/aromatic N) is 1. The molecule has 2 rings (SSSR count). The third kappa shape index (κ3) is 6.23. The zero-order valence-corrected chi connectivity index (χ0v) is 14.3. The van der Waals surface area contributed by atoms with Gasteiger partial charge in [0.05, 0.1) is 12.0 Å². The van der Waals surface area contributed by atoms with E-state index in [0.717, 1.165) is 11.3 Å². The molecule has 0 amide bonds. The average molecular weight is 367 g/mol. The van der Waals surface area contributed by atoms with Crippen LogP contribution >= 0.6 is 36.4 Å². The van der Waals surface area contributed by atoms with E-state index in [1.807, 2.05) is 12.1 Å². The van der Waals surface area contributed by atoms with E-state index in [4.69, 9.17) is 16.3 Å². The van der Waals surface area contributed by atoms with Crippen molar-refractivity contribution in [3.63, 3.8) is 0 Å². The maximum absolute atomic E-state index is 12.0. The van der Waals surface area contributed by atoms with Crippen molar-refractivity contribution in [3.8, 4) is 0 Å². The van der Waals surface area contributed by atoms with E-state index in [2.05, 4.69) is 15.3 Å². The zero-order valence-electron chi connectivity index (χ0n) is 11.9. The summed E-state index contributed by atoms with van der Waals surface area (Å²) in [6.45, 7) is 0.231. The van der Waals surface area contributed by atoms with E-state index in [1.165, 1.54) is 0 Å². The monoisotopic (exact) mass is 365 g/mol. The largest absolute Gasteiger partial charge is 0.460 e. The fourth-order valence-corrected chi connectivity index (χ4v) is 1.88. The predicted octanol–water partition coefficient (Wildman–Crippen LogP) is 2.78. The SMILES string of the molecule is CN[C@@H](Cc1c[nH]cn1)C(=O)OCc1ccc(Cl)cc1.Cl.Cl. The van der Waals surface area contributed by atoms with Crippen LogP contribution in [0.15, 0.2) is 36.8 Å². The number of ether oxygens (including phenoxy) is 1. The number of aromatic amines is 1. The molecule has 0 aliphatic carbocycles. The van der Waals surface area contributed by atoms with Crippen molar-refractivity contribution >= 4 is 42.4 Å². The molecule has 0 saturated carbocycles. The van der Waals surface area contributed by atoms with Crippen LogP contribution in [0.3, 0.4) is 0 Å². The molecule has 8 heteroatoms. The number of carbonyl (C=O) groups excluding carboxylic acids is 1. The van der Waals surface area contributed by atoms with Gasteiger partial charge >= 0.3 is 5.97 Å². The van der Waals surface area contributed by atoms with Crippen molar-refractivity contribution in [2.24, 2.45) is 0 Å². The highest BCUT2D eigenvalue weighted by Crippen LogP contribution is 2.11. The van der Waals surface area contributed by atoms with E-state index in [1.54, 1.807) is 31.7 Å². The van der Waals surface area contributed by atoms with Crippen LogP contribution in [0.2, 0.25) is 5.02 Å². The van der Waals surface area contributed by atoms with Gasteiger partial charge in [0.2, 0.25) is 0 Å². The highest BCUT2D eigenvalue weighted by Gasteiger charge is 2.19. The molecule has 0 fully saturated rings. The lowest BCUT2D eigenvalue weighted by Crippen LogP contribution is -2.37. The Hall–Kier alpha value is -1.27. The maximum Gasteiger partial charge on any atom is 0.323 e. The van der Waals surface area contributed by atoms with Crippen molar-refractivity contribution in [2.45, 2.75) is 19.1 Å². The fraction of sp³-hybridized carbons (Fsp3) is 0.286. The highest BCUT2D eigenvalue weighted by atomic mass is 35.5. The van der Waals surface area contributed by atoms with Crippen molar-refractivity contribution in [2.75, 3.05) is 7.05 Å². The van der Waals surface area contributed by atoms with Crippen LogP contribution in [-0.2, 0) is 22.6 Å². The number of imidazole rings is 1. The van der Waals surface area contributed by atoms with Crippen molar-refractivity contribution in [1.82, 2.24) is 15.3 Å². The lowest BCUT2D eigenvalue weighted by atomic mass is 10.1. The average Bonchev–Trinajstić information content (AvgIpc) is 2.97. The molecule has 5 nitrogen and oxygen atoms in total.